The van der Waals surface area contributed by atoms with Gasteiger partial charge in [-0.25, -0.2) is 0 Å². The number of aryl methyl sites for hydroxylation is 4. The Bertz CT molecular complexity index is 1210. The van der Waals surface area contributed by atoms with Crippen LogP contribution in [0.15, 0.2) is 53.5 Å². The van der Waals surface area contributed by atoms with Crippen LogP contribution < -0.4 is 14.8 Å². The molecule has 0 saturated carbocycles. The lowest BCUT2D eigenvalue weighted by Crippen LogP contribution is -2.08. The highest BCUT2D eigenvalue weighted by Gasteiger charge is 2.06. The summed E-state index contributed by atoms with van der Waals surface area (Å²) in [6.07, 6.45) is 3.14. The number of nitrogens with zero attached hydrogens (tertiary/aromatic N) is 5. The third-order valence-corrected chi connectivity index (χ3v) is 7.52. The zero-order valence-corrected chi connectivity index (χ0v) is 22.0. The molecule has 35 heavy (non-hydrogen) atoms. The predicted octanol–water partition coefficient (Wildman–Crippen LogP) is 5.71. The van der Waals surface area contributed by atoms with Gasteiger partial charge in [0.05, 0.1) is 0 Å². The molecule has 0 atom stereocenters. The van der Waals surface area contributed by atoms with Gasteiger partial charge in [-0.2, -0.15) is 16.8 Å². The second-order valence-electron chi connectivity index (χ2n) is 7.54. The van der Waals surface area contributed by atoms with Crippen molar-refractivity contribution in [1.82, 2.24) is 20.4 Å². The van der Waals surface area contributed by atoms with E-state index in [9.17, 15) is 0 Å². The number of rotatable bonds is 13. The molecular weight excluding hydrogens is 501 g/mol. The van der Waals surface area contributed by atoms with Gasteiger partial charge >= 0.3 is 0 Å². The number of aromatic nitrogens is 4. The molecule has 0 unspecified atom stereocenters. The van der Waals surface area contributed by atoms with Crippen molar-refractivity contribution in [3.05, 3.63) is 69.7 Å². The third kappa shape index (κ3) is 8.61. The summed E-state index contributed by atoms with van der Waals surface area (Å²) in [5.41, 5.74) is 2.39. The van der Waals surface area contributed by atoms with E-state index < -0.39 is 0 Å². The molecule has 1 N–H and O–H groups in total. The van der Waals surface area contributed by atoms with E-state index in [-0.39, 0.29) is 0 Å². The molecule has 2 aromatic heterocycles. The topological polar surface area (TPSA) is 94.4 Å². The fourth-order valence-electron chi connectivity index (χ4n) is 2.81. The summed E-state index contributed by atoms with van der Waals surface area (Å²) >= 11 is 4.90. The van der Waals surface area contributed by atoms with Crippen molar-refractivity contribution < 1.29 is 9.47 Å². The molecule has 4 rings (SSSR count). The minimum Gasteiger partial charge on any atom is -0.473 e. The number of ether oxygens (including phenoxy) is 2. The van der Waals surface area contributed by atoms with Crippen molar-refractivity contribution in [2.24, 2.45) is 4.99 Å². The molecule has 0 radical (unpaired) electrons. The number of anilines is 1. The van der Waals surface area contributed by atoms with Crippen molar-refractivity contribution in [3.8, 4) is 11.5 Å². The summed E-state index contributed by atoms with van der Waals surface area (Å²) in [6.45, 7) is 4.45. The van der Waals surface area contributed by atoms with E-state index >= 15 is 0 Å². The number of thioether (sulfide) groups is 1. The number of aliphatic imine (C=N–C) groups is 1. The van der Waals surface area contributed by atoms with Gasteiger partial charge in [-0.15, -0.1) is 20.4 Å². The first-order chi connectivity index (χ1) is 17.1. The Labute approximate surface area is 216 Å². The summed E-state index contributed by atoms with van der Waals surface area (Å²) in [7, 11) is 0. The minimum atomic E-state index is 0.360. The van der Waals surface area contributed by atoms with Crippen LogP contribution in [0.5, 0.6) is 11.5 Å². The molecule has 0 spiro atoms. The lowest BCUT2D eigenvalue weighted by molar-refractivity contribution is 0.346. The van der Waals surface area contributed by atoms with Crippen molar-refractivity contribution in [2.45, 2.75) is 26.7 Å². The smallest absolute Gasteiger partial charge is 0.234 e. The second kappa shape index (κ2) is 13.2. The summed E-state index contributed by atoms with van der Waals surface area (Å²) in [6, 6.07) is 15.8. The predicted molar refractivity (Wildman–Crippen MR) is 145 cm³/mol. The lowest BCUT2D eigenvalue weighted by atomic mass is 10.2. The molecular formula is C24H26N6O2S3. The maximum absolute atomic E-state index is 5.67. The Kier molecular flexibility index (Phi) is 9.44. The van der Waals surface area contributed by atoms with Crippen LogP contribution in [0.3, 0.4) is 0 Å². The quantitative estimate of drug-likeness (QED) is 0.102. The van der Waals surface area contributed by atoms with E-state index in [1.807, 2.05) is 67.2 Å². The van der Waals surface area contributed by atoms with Crippen molar-refractivity contribution in [2.75, 3.05) is 23.6 Å². The summed E-state index contributed by atoms with van der Waals surface area (Å²) < 4.78 is 11.2. The normalized spacial score (nSPS) is 11.1. The fraction of sp³-hybridized carbons (Fsp3) is 0.292. The number of nitrogens with one attached hydrogen (secondary N) is 1. The largest absolute Gasteiger partial charge is 0.473 e. The van der Waals surface area contributed by atoms with Crippen LogP contribution in [0.25, 0.3) is 0 Å². The molecule has 11 heteroatoms. The first kappa shape index (κ1) is 25.1. The minimum absolute atomic E-state index is 0.360. The van der Waals surface area contributed by atoms with E-state index in [2.05, 4.69) is 37.6 Å². The zero-order chi connectivity index (χ0) is 24.3. The molecule has 4 aromatic rings. The highest BCUT2D eigenvalue weighted by Crippen LogP contribution is 2.21. The molecule has 2 aromatic carbocycles. The third-order valence-electron chi connectivity index (χ3n) is 4.70. The van der Waals surface area contributed by atoms with E-state index in [0.29, 0.717) is 11.9 Å². The summed E-state index contributed by atoms with van der Waals surface area (Å²) in [5.74, 6) is 3.51. The zero-order valence-electron chi connectivity index (χ0n) is 19.5. The second-order valence-corrected chi connectivity index (χ2v) is 10.9. The van der Waals surface area contributed by atoms with Crippen LogP contribution >= 0.6 is 34.4 Å². The highest BCUT2D eigenvalue weighted by atomic mass is 32.2. The van der Waals surface area contributed by atoms with Gasteiger partial charge in [0.1, 0.15) is 21.5 Å². The number of hydrogen-bond donors (Lipinski definition) is 1. The average molecular weight is 527 g/mol. The Morgan fingerprint density at radius 1 is 0.829 bits per heavy atom. The maximum atomic E-state index is 5.67. The first-order valence-corrected chi connectivity index (χ1v) is 13.8. The summed E-state index contributed by atoms with van der Waals surface area (Å²) in [5, 5.41) is 23.3. The molecule has 0 bridgehead atoms. The Morgan fingerprint density at radius 2 is 1.46 bits per heavy atom. The average Bonchev–Trinajstić information content (AvgIpc) is 3.51. The highest BCUT2D eigenvalue weighted by molar-refractivity contribution is 7.99. The van der Waals surface area contributed by atoms with Gasteiger partial charge in [0.2, 0.25) is 10.3 Å². The van der Waals surface area contributed by atoms with Crippen molar-refractivity contribution in [1.29, 1.82) is 0 Å². The SMILES string of the molecule is Cc1ccc(OC=Nc2nnc(CCSCCc3nnc(NCOc4ccc(C)cc4)s3)s2)cc1. The molecule has 182 valence electrons. The van der Waals surface area contributed by atoms with Gasteiger partial charge in [-0.05, 0) is 49.6 Å². The molecule has 2 heterocycles. The maximum Gasteiger partial charge on any atom is 0.234 e. The molecule has 0 aliphatic rings. The number of hydrogen-bond acceptors (Lipinski definition) is 11. The van der Waals surface area contributed by atoms with Crippen LogP contribution in [0.1, 0.15) is 21.1 Å². The van der Waals surface area contributed by atoms with Gasteiger partial charge < -0.3 is 14.8 Å². The van der Waals surface area contributed by atoms with Crippen molar-refractivity contribution >= 4 is 51.1 Å². The van der Waals surface area contributed by atoms with Gasteiger partial charge in [0.15, 0.2) is 13.1 Å². The molecule has 0 saturated heterocycles. The van der Waals surface area contributed by atoms with Crippen LogP contribution in [0.4, 0.5) is 10.3 Å². The van der Waals surface area contributed by atoms with E-state index in [1.165, 1.54) is 28.9 Å². The van der Waals surface area contributed by atoms with Gasteiger partial charge in [-0.1, -0.05) is 58.1 Å². The lowest BCUT2D eigenvalue weighted by Gasteiger charge is -2.06. The summed E-state index contributed by atoms with van der Waals surface area (Å²) in [4.78, 5) is 4.24. The van der Waals surface area contributed by atoms with E-state index in [4.69, 9.17) is 9.47 Å². The van der Waals surface area contributed by atoms with Gasteiger partial charge in [-0.3, -0.25) is 0 Å². The first-order valence-electron chi connectivity index (χ1n) is 11.1. The standard InChI is InChI=1S/C24H26N6O2S3/c1-17-3-7-19(8-4-17)31-15-25-23-29-27-21(34-23)11-13-33-14-12-22-28-30-24(35-22)26-16-32-20-9-5-18(2)6-10-20/h3-10,15H,11-14,16H2,1-2H3,(H,26,30). The monoisotopic (exact) mass is 526 g/mol. The Hall–Kier alpha value is -3.02. The van der Waals surface area contributed by atoms with E-state index in [0.717, 1.165) is 51.0 Å². The van der Waals surface area contributed by atoms with Gasteiger partial charge in [0.25, 0.3) is 0 Å². The van der Waals surface area contributed by atoms with Crippen LogP contribution in [0, 0.1) is 13.8 Å². The van der Waals surface area contributed by atoms with Gasteiger partial charge in [0, 0.05) is 12.8 Å². The Morgan fingerprint density at radius 3 is 2.17 bits per heavy atom. The fourth-order valence-corrected chi connectivity index (χ4v) is 5.34. The molecule has 0 aliphatic carbocycles. The van der Waals surface area contributed by atoms with Crippen LogP contribution in [-0.4, -0.2) is 45.0 Å². The van der Waals surface area contributed by atoms with E-state index in [1.54, 1.807) is 11.3 Å². The molecule has 0 aliphatic heterocycles. The van der Waals surface area contributed by atoms with Crippen LogP contribution in [0.2, 0.25) is 0 Å². The molecule has 0 amide bonds. The van der Waals surface area contributed by atoms with Crippen LogP contribution in [-0.2, 0) is 12.8 Å². The van der Waals surface area contributed by atoms with Crippen molar-refractivity contribution in [3.63, 3.8) is 0 Å². The number of benzene rings is 2. The molecule has 0 fully saturated rings. The molecule has 8 nitrogen and oxygen atoms in total. The Balaban J connectivity index is 1.09.